The highest BCUT2D eigenvalue weighted by Crippen LogP contribution is 2.24. The molecule has 0 spiro atoms. The van der Waals surface area contributed by atoms with Crippen molar-refractivity contribution in [2.24, 2.45) is 0 Å². The Bertz CT molecular complexity index is 617. The fourth-order valence-corrected chi connectivity index (χ4v) is 3.74. The molecule has 1 amide bonds. The Balaban J connectivity index is 1.79. The van der Waals surface area contributed by atoms with E-state index in [0.717, 1.165) is 43.4 Å². The van der Waals surface area contributed by atoms with Gasteiger partial charge in [0.05, 0.1) is 5.69 Å². The highest BCUT2D eigenvalue weighted by molar-refractivity contribution is 5.80. The number of carbonyl (C=O) groups excluding carboxylic acids is 1. The minimum atomic E-state index is -0.523. The van der Waals surface area contributed by atoms with E-state index in [1.54, 1.807) is 13.0 Å². The summed E-state index contributed by atoms with van der Waals surface area (Å²) in [6.45, 7) is 1.79. The normalized spacial score (nSPS) is 19.7. The standard InChI is InChI=1S/C17H25N3O2/c1-12(17(22)19(2)14-8-4-3-5-9-14)20-16(21)11-13-7-6-10-15(13)18-20/h11-12,14H,3-10H2,1-2H3. The summed E-state index contributed by atoms with van der Waals surface area (Å²) in [6, 6.07) is 1.46. The van der Waals surface area contributed by atoms with Crippen LogP contribution in [0.5, 0.6) is 0 Å². The third kappa shape index (κ3) is 2.81. The summed E-state index contributed by atoms with van der Waals surface area (Å²) in [5.74, 6) is -0.000512. The molecule has 0 radical (unpaired) electrons. The van der Waals surface area contributed by atoms with Crippen LogP contribution in [0.1, 0.15) is 62.7 Å². The van der Waals surface area contributed by atoms with Crippen molar-refractivity contribution in [1.82, 2.24) is 14.7 Å². The van der Waals surface area contributed by atoms with Crippen LogP contribution in [0.25, 0.3) is 0 Å². The Morgan fingerprint density at radius 2 is 2.00 bits per heavy atom. The number of aryl methyl sites for hydroxylation is 2. The van der Waals surface area contributed by atoms with Crippen LogP contribution in [0.15, 0.2) is 10.9 Å². The number of hydrogen-bond acceptors (Lipinski definition) is 3. The maximum absolute atomic E-state index is 12.7. The van der Waals surface area contributed by atoms with E-state index in [-0.39, 0.29) is 11.5 Å². The summed E-state index contributed by atoms with van der Waals surface area (Å²) in [6.07, 6.45) is 8.68. The number of rotatable bonds is 3. The molecule has 3 rings (SSSR count). The van der Waals surface area contributed by atoms with Crippen LogP contribution >= 0.6 is 0 Å². The number of aromatic nitrogens is 2. The second-order valence-corrected chi connectivity index (χ2v) is 6.67. The Morgan fingerprint density at radius 3 is 2.73 bits per heavy atom. The number of carbonyl (C=O) groups is 1. The molecule has 2 aliphatic rings. The number of nitrogens with zero attached hydrogens (tertiary/aromatic N) is 3. The van der Waals surface area contributed by atoms with Crippen molar-refractivity contribution in [3.8, 4) is 0 Å². The van der Waals surface area contributed by atoms with E-state index >= 15 is 0 Å². The molecule has 0 bridgehead atoms. The Morgan fingerprint density at radius 1 is 1.27 bits per heavy atom. The predicted molar refractivity (Wildman–Crippen MR) is 84.9 cm³/mol. The molecule has 2 aliphatic carbocycles. The maximum atomic E-state index is 12.7. The van der Waals surface area contributed by atoms with Gasteiger partial charge in [0.25, 0.3) is 5.56 Å². The lowest BCUT2D eigenvalue weighted by atomic mass is 9.94. The molecule has 1 saturated carbocycles. The predicted octanol–water partition coefficient (Wildman–Crippen LogP) is 2.08. The average molecular weight is 303 g/mol. The van der Waals surface area contributed by atoms with Crippen LogP contribution < -0.4 is 5.56 Å². The van der Waals surface area contributed by atoms with E-state index in [1.807, 2.05) is 11.9 Å². The first-order chi connectivity index (χ1) is 10.6. The zero-order chi connectivity index (χ0) is 15.7. The third-order valence-electron chi connectivity index (χ3n) is 5.18. The molecule has 22 heavy (non-hydrogen) atoms. The molecule has 1 atom stereocenters. The van der Waals surface area contributed by atoms with Gasteiger partial charge in [-0.3, -0.25) is 9.59 Å². The lowest BCUT2D eigenvalue weighted by Crippen LogP contribution is -2.44. The molecule has 1 aromatic rings. The van der Waals surface area contributed by atoms with Gasteiger partial charge < -0.3 is 4.90 Å². The van der Waals surface area contributed by atoms with Gasteiger partial charge in [-0.05, 0) is 44.6 Å². The van der Waals surface area contributed by atoms with Crippen LogP contribution in [0, 0.1) is 0 Å². The van der Waals surface area contributed by atoms with E-state index in [9.17, 15) is 9.59 Å². The van der Waals surface area contributed by atoms with Gasteiger partial charge in [0.15, 0.2) is 0 Å². The van der Waals surface area contributed by atoms with E-state index in [2.05, 4.69) is 5.10 Å². The summed E-state index contributed by atoms with van der Waals surface area (Å²) < 4.78 is 1.38. The largest absolute Gasteiger partial charge is 0.341 e. The molecule has 1 fully saturated rings. The number of likely N-dealkylation sites (N-methyl/N-ethyl adjacent to an activating group) is 1. The number of amides is 1. The second-order valence-electron chi connectivity index (χ2n) is 6.67. The number of fused-ring (bicyclic) bond motifs is 1. The monoisotopic (exact) mass is 303 g/mol. The summed E-state index contributed by atoms with van der Waals surface area (Å²) in [4.78, 5) is 26.8. The van der Waals surface area contributed by atoms with Crippen molar-refractivity contribution in [3.05, 3.63) is 27.7 Å². The lowest BCUT2D eigenvalue weighted by Gasteiger charge is -2.33. The van der Waals surface area contributed by atoms with Gasteiger partial charge in [0, 0.05) is 19.2 Å². The van der Waals surface area contributed by atoms with Gasteiger partial charge in [0.2, 0.25) is 5.91 Å². The van der Waals surface area contributed by atoms with E-state index in [4.69, 9.17) is 0 Å². The van der Waals surface area contributed by atoms with Crippen LogP contribution in [-0.2, 0) is 17.6 Å². The zero-order valence-electron chi connectivity index (χ0n) is 13.5. The van der Waals surface area contributed by atoms with E-state index < -0.39 is 6.04 Å². The molecule has 1 unspecified atom stereocenters. The lowest BCUT2D eigenvalue weighted by molar-refractivity contribution is -0.136. The second kappa shape index (κ2) is 6.23. The van der Waals surface area contributed by atoms with Crippen molar-refractivity contribution in [2.45, 2.75) is 70.4 Å². The van der Waals surface area contributed by atoms with Crippen molar-refractivity contribution in [1.29, 1.82) is 0 Å². The van der Waals surface area contributed by atoms with E-state index in [0.29, 0.717) is 6.04 Å². The molecule has 0 aromatic carbocycles. The van der Waals surface area contributed by atoms with Crippen LogP contribution in [0.4, 0.5) is 0 Å². The summed E-state index contributed by atoms with van der Waals surface area (Å²) >= 11 is 0. The molecular weight excluding hydrogens is 278 g/mol. The minimum Gasteiger partial charge on any atom is -0.341 e. The molecule has 5 nitrogen and oxygen atoms in total. The van der Waals surface area contributed by atoms with Gasteiger partial charge in [-0.15, -0.1) is 0 Å². The summed E-state index contributed by atoms with van der Waals surface area (Å²) in [5, 5.41) is 4.46. The Hall–Kier alpha value is -1.65. The van der Waals surface area contributed by atoms with Crippen molar-refractivity contribution < 1.29 is 4.79 Å². The molecule has 1 aromatic heterocycles. The molecule has 0 saturated heterocycles. The first-order valence-electron chi connectivity index (χ1n) is 8.46. The summed E-state index contributed by atoms with van der Waals surface area (Å²) in [5.41, 5.74) is 1.89. The Kier molecular flexibility index (Phi) is 4.32. The zero-order valence-corrected chi connectivity index (χ0v) is 13.5. The number of hydrogen-bond donors (Lipinski definition) is 0. The van der Waals surface area contributed by atoms with Crippen molar-refractivity contribution in [3.63, 3.8) is 0 Å². The molecule has 1 heterocycles. The summed E-state index contributed by atoms with van der Waals surface area (Å²) in [7, 11) is 1.87. The fraction of sp³-hybridized carbons (Fsp3) is 0.706. The highest BCUT2D eigenvalue weighted by Gasteiger charge is 2.28. The molecule has 0 aliphatic heterocycles. The first-order valence-corrected chi connectivity index (χ1v) is 8.46. The smallest absolute Gasteiger partial charge is 0.267 e. The van der Waals surface area contributed by atoms with Gasteiger partial charge in [-0.1, -0.05) is 19.3 Å². The van der Waals surface area contributed by atoms with Gasteiger partial charge in [-0.25, -0.2) is 4.68 Å². The van der Waals surface area contributed by atoms with Crippen molar-refractivity contribution >= 4 is 5.91 Å². The maximum Gasteiger partial charge on any atom is 0.267 e. The molecule has 120 valence electrons. The van der Waals surface area contributed by atoms with Crippen LogP contribution in [0.2, 0.25) is 0 Å². The first kappa shape index (κ1) is 15.3. The molecule has 5 heteroatoms. The highest BCUT2D eigenvalue weighted by atomic mass is 16.2. The molecule has 0 N–H and O–H groups in total. The SMILES string of the molecule is CC(C(=O)N(C)C1CCCCC1)n1nc2c(cc1=O)CCC2. The van der Waals surface area contributed by atoms with Crippen LogP contribution in [-0.4, -0.2) is 33.7 Å². The van der Waals surface area contributed by atoms with Gasteiger partial charge >= 0.3 is 0 Å². The third-order valence-corrected chi connectivity index (χ3v) is 5.18. The Labute approximate surface area is 131 Å². The van der Waals surface area contributed by atoms with Crippen LogP contribution in [0.3, 0.4) is 0 Å². The average Bonchev–Trinajstić information content (AvgIpc) is 3.00. The van der Waals surface area contributed by atoms with Gasteiger partial charge in [-0.2, -0.15) is 5.10 Å². The van der Waals surface area contributed by atoms with E-state index in [1.165, 1.54) is 23.9 Å². The molecular formula is C17H25N3O2. The fourth-order valence-electron chi connectivity index (χ4n) is 3.74. The minimum absolute atomic E-state index is 0.000512. The van der Waals surface area contributed by atoms with Gasteiger partial charge in [0.1, 0.15) is 6.04 Å². The van der Waals surface area contributed by atoms with Crippen molar-refractivity contribution in [2.75, 3.05) is 7.05 Å². The topological polar surface area (TPSA) is 55.2 Å². The quantitative estimate of drug-likeness (QED) is 0.859.